The first kappa shape index (κ1) is 53.9. The second-order valence-electron chi connectivity index (χ2n) is 17.3. The summed E-state index contributed by atoms with van der Waals surface area (Å²) in [4.78, 5) is 27.0. The molecule has 0 radical (unpaired) electrons. The number of carbonyl (C=O) groups is 2. The first-order valence-electron chi connectivity index (χ1n) is 24.4. The van der Waals surface area contributed by atoms with Gasteiger partial charge in [-0.3, -0.25) is 9.59 Å². The minimum atomic E-state index is -0.00165. The smallest absolute Gasteiger partial charge is 0.305 e. The summed E-state index contributed by atoms with van der Waals surface area (Å²) in [5.74, 6) is 1.43. The lowest BCUT2D eigenvalue weighted by Crippen LogP contribution is -2.16. The van der Waals surface area contributed by atoms with Gasteiger partial charge in [0.2, 0.25) is 0 Å². The van der Waals surface area contributed by atoms with E-state index in [0.29, 0.717) is 44.0 Å². The summed E-state index contributed by atoms with van der Waals surface area (Å²) in [6.45, 7) is 12.3. The summed E-state index contributed by atoms with van der Waals surface area (Å²) in [6, 6.07) is 0. The molecule has 328 valence electrons. The second-order valence-corrected chi connectivity index (χ2v) is 17.3. The normalized spacial score (nSPS) is 11.8. The highest BCUT2D eigenvalue weighted by molar-refractivity contribution is 5.69. The third-order valence-electron chi connectivity index (χ3n) is 11.6. The summed E-state index contributed by atoms with van der Waals surface area (Å²) < 4.78 is 17.7. The Balaban J connectivity index is 4.23. The van der Waals surface area contributed by atoms with Crippen molar-refractivity contribution in [3.8, 4) is 0 Å². The molecular weight excluding hydrogens is 683 g/mol. The molecule has 0 heterocycles. The number of nitrogens with zero attached hydrogens (tertiary/aromatic N) is 1. The number of carbonyl (C=O) groups excluding carboxylic acids is 2. The summed E-state index contributed by atoms with van der Waals surface area (Å²) >= 11 is 0. The summed E-state index contributed by atoms with van der Waals surface area (Å²) in [6.07, 6.45) is 40.1. The van der Waals surface area contributed by atoms with Crippen LogP contribution >= 0.6 is 0 Å². The molecule has 0 N–H and O–H groups in total. The van der Waals surface area contributed by atoms with Gasteiger partial charge in [-0.25, -0.2) is 0 Å². The average Bonchev–Trinajstić information content (AvgIpc) is 3.16. The zero-order chi connectivity index (χ0) is 40.5. The SMILES string of the molecule is CCCCCC(CCCCC)CCOC(=O)CCCCCCCC(CCCCCCCC(=O)OCCC(CCCCC)CCCCC)OCCCCN(C)C. The molecule has 0 amide bonds. The van der Waals surface area contributed by atoms with Gasteiger partial charge in [0.25, 0.3) is 0 Å². The fraction of sp³-hybridized carbons (Fsp3) is 0.959. The molecule has 55 heavy (non-hydrogen) atoms. The number of unbranched alkanes of at least 4 members (excludes halogenated alkanes) is 17. The van der Waals surface area contributed by atoms with Crippen molar-refractivity contribution in [3.05, 3.63) is 0 Å². The second kappa shape index (κ2) is 42.5. The van der Waals surface area contributed by atoms with E-state index in [-0.39, 0.29) is 11.9 Å². The molecule has 0 aliphatic carbocycles. The van der Waals surface area contributed by atoms with E-state index in [2.05, 4.69) is 46.7 Å². The maximum Gasteiger partial charge on any atom is 0.305 e. The molecule has 0 aromatic carbocycles. The van der Waals surface area contributed by atoms with Crippen LogP contribution in [-0.4, -0.2) is 63.4 Å². The first-order valence-corrected chi connectivity index (χ1v) is 24.4. The van der Waals surface area contributed by atoms with Crippen LogP contribution in [0.5, 0.6) is 0 Å². The van der Waals surface area contributed by atoms with Crippen LogP contribution in [0.3, 0.4) is 0 Å². The molecule has 0 aromatic rings. The predicted molar refractivity (Wildman–Crippen MR) is 237 cm³/mol. The molecule has 0 unspecified atom stereocenters. The van der Waals surface area contributed by atoms with Gasteiger partial charge in [0.1, 0.15) is 0 Å². The van der Waals surface area contributed by atoms with Gasteiger partial charge in [0.05, 0.1) is 19.3 Å². The van der Waals surface area contributed by atoms with Gasteiger partial charge in [-0.05, 0) is 83.8 Å². The van der Waals surface area contributed by atoms with Crippen LogP contribution in [0.4, 0.5) is 0 Å². The molecule has 0 aliphatic heterocycles. The van der Waals surface area contributed by atoms with E-state index in [0.717, 1.165) is 70.9 Å². The topological polar surface area (TPSA) is 65.1 Å². The maximum absolute atomic E-state index is 12.4. The molecule has 0 saturated carbocycles. The molecule has 0 saturated heterocycles. The predicted octanol–water partition coefficient (Wildman–Crippen LogP) is 14.6. The van der Waals surface area contributed by atoms with Crippen LogP contribution in [-0.2, 0) is 23.8 Å². The van der Waals surface area contributed by atoms with Crippen molar-refractivity contribution >= 4 is 11.9 Å². The van der Waals surface area contributed by atoms with Gasteiger partial charge in [0, 0.05) is 19.4 Å². The number of hydrogen-bond donors (Lipinski definition) is 0. The van der Waals surface area contributed by atoms with E-state index < -0.39 is 0 Å². The Morgan fingerprint density at radius 1 is 0.400 bits per heavy atom. The molecule has 0 bridgehead atoms. The number of hydrogen-bond acceptors (Lipinski definition) is 6. The van der Waals surface area contributed by atoms with E-state index in [9.17, 15) is 9.59 Å². The monoisotopic (exact) mass is 780 g/mol. The quantitative estimate of drug-likeness (QED) is 0.0453. The van der Waals surface area contributed by atoms with Crippen LogP contribution in [0.25, 0.3) is 0 Å². The Bertz CT molecular complexity index is 728. The Morgan fingerprint density at radius 3 is 1.15 bits per heavy atom. The minimum absolute atomic E-state index is 0.00165. The van der Waals surface area contributed by atoms with Crippen LogP contribution in [0.2, 0.25) is 0 Å². The molecule has 6 nitrogen and oxygen atoms in total. The molecule has 0 fully saturated rings. The highest BCUT2D eigenvalue weighted by Crippen LogP contribution is 2.23. The Morgan fingerprint density at radius 2 is 0.764 bits per heavy atom. The Hall–Kier alpha value is -1.14. The van der Waals surface area contributed by atoms with Gasteiger partial charge in [-0.2, -0.15) is 0 Å². The van der Waals surface area contributed by atoms with Crippen LogP contribution in [0.15, 0.2) is 0 Å². The van der Waals surface area contributed by atoms with E-state index in [1.807, 2.05) is 0 Å². The Kier molecular flexibility index (Phi) is 41.6. The molecule has 0 aliphatic rings. The van der Waals surface area contributed by atoms with Gasteiger partial charge in [0.15, 0.2) is 0 Å². The minimum Gasteiger partial charge on any atom is -0.466 e. The lowest BCUT2D eigenvalue weighted by atomic mass is 9.92. The molecule has 0 aromatic heterocycles. The van der Waals surface area contributed by atoms with E-state index in [1.54, 1.807) is 0 Å². The number of esters is 2. The van der Waals surface area contributed by atoms with Crippen molar-refractivity contribution in [2.45, 2.75) is 252 Å². The third-order valence-corrected chi connectivity index (χ3v) is 11.6. The van der Waals surface area contributed by atoms with Gasteiger partial charge >= 0.3 is 11.9 Å². The highest BCUT2D eigenvalue weighted by atomic mass is 16.5. The lowest BCUT2D eigenvalue weighted by molar-refractivity contribution is -0.145. The van der Waals surface area contributed by atoms with Gasteiger partial charge in [-0.1, -0.05) is 182 Å². The number of rotatable bonds is 44. The van der Waals surface area contributed by atoms with Crippen molar-refractivity contribution in [2.75, 3.05) is 40.5 Å². The van der Waals surface area contributed by atoms with Crippen molar-refractivity contribution < 1.29 is 23.8 Å². The summed E-state index contributed by atoms with van der Waals surface area (Å²) in [7, 11) is 4.27. The largest absolute Gasteiger partial charge is 0.466 e. The highest BCUT2D eigenvalue weighted by Gasteiger charge is 2.13. The van der Waals surface area contributed by atoms with Crippen LogP contribution in [0.1, 0.15) is 246 Å². The fourth-order valence-electron chi connectivity index (χ4n) is 7.86. The fourth-order valence-corrected chi connectivity index (χ4v) is 7.86. The molecule has 0 atom stereocenters. The molecular formula is C49H97NO5. The van der Waals surface area contributed by atoms with Crippen molar-refractivity contribution in [2.24, 2.45) is 11.8 Å². The van der Waals surface area contributed by atoms with E-state index in [1.165, 1.54) is 148 Å². The molecule has 0 spiro atoms. The lowest BCUT2D eigenvalue weighted by Gasteiger charge is -2.18. The molecule has 6 heteroatoms. The van der Waals surface area contributed by atoms with Crippen LogP contribution in [0, 0.1) is 11.8 Å². The standard InChI is InChI=1S/C49H97NO5/c1-7-11-21-31-45(32-22-12-8-2)39-43-54-48(51)37-27-19-15-17-25-35-47(53-42-30-29-41-50(5)6)36-26-18-16-20-28-38-49(52)55-44-40-46(33-23-13-9-3)34-24-14-10-4/h45-47H,7-44H2,1-6H3. The zero-order valence-corrected chi connectivity index (χ0v) is 38.1. The van der Waals surface area contributed by atoms with Gasteiger partial charge in [-0.15, -0.1) is 0 Å². The van der Waals surface area contributed by atoms with Gasteiger partial charge < -0.3 is 19.1 Å². The summed E-state index contributed by atoms with van der Waals surface area (Å²) in [5.41, 5.74) is 0. The number of ether oxygens (including phenoxy) is 3. The van der Waals surface area contributed by atoms with Crippen molar-refractivity contribution in [1.82, 2.24) is 4.90 Å². The zero-order valence-electron chi connectivity index (χ0n) is 38.1. The average molecular weight is 780 g/mol. The summed E-state index contributed by atoms with van der Waals surface area (Å²) in [5, 5.41) is 0. The van der Waals surface area contributed by atoms with Crippen LogP contribution < -0.4 is 0 Å². The van der Waals surface area contributed by atoms with Crippen molar-refractivity contribution in [3.63, 3.8) is 0 Å². The first-order chi connectivity index (χ1) is 26.9. The molecule has 0 rings (SSSR count). The third kappa shape index (κ3) is 39.5. The maximum atomic E-state index is 12.4. The van der Waals surface area contributed by atoms with Crippen molar-refractivity contribution in [1.29, 1.82) is 0 Å². The Labute approximate surface area is 344 Å². The van der Waals surface area contributed by atoms with E-state index in [4.69, 9.17) is 14.2 Å². The van der Waals surface area contributed by atoms with E-state index >= 15 is 0 Å².